The number of carbonyl (C=O) groups is 1. The molecule has 0 aromatic heterocycles. The molecule has 0 radical (unpaired) electrons. The van der Waals surface area contributed by atoms with Gasteiger partial charge in [0.15, 0.2) is 0 Å². The highest BCUT2D eigenvalue weighted by Crippen LogP contribution is 2.30. The predicted molar refractivity (Wildman–Crippen MR) is 56.4 cm³/mol. The summed E-state index contributed by atoms with van der Waals surface area (Å²) < 4.78 is 5.90. The normalized spacial score (nSPS) is 20.4. The number of amides is 1. The van der Waals surface area contributed by atoms with Crippen LogP contribution in [0.1, 0.15) is 11.7 Å². The molecule has 1 saturated heterocycles. The number of carbonyl (C=O) groups excluding carboxylic acids is 1. The summed E-state index contributed by atoms with van der Waals surface area (Å²) in [6, 6.07) is 5.40. The van der Waals surface area contributed by atoms with Crippen molar-refractivity contribution in [1.82, 2.24) is 5.32 Å². The van der Waals surface area contributed by atoms with Crippen LogP contribution in [0, 0.1) is 0 Å². The lowest BCUT2D eigenvalue weighted by Crippen LogP contribution is -2.12. The zero-order valence-electron chi connectivity index (χ0n) is 7.09. The van der Waals surface area contributed by atoms with Crippen molar-refractivity contribution in [2.24, 2.45) is 0 Å². The molecule has 14 heavy (non-hydrogen) atoms. The molecule has 3 nitrogen and oxygen atoms in total. The summed E-state index contributed by atoms with van der Waals surface area (Å²) in [5.74, 6) is 0. The fraction of sp³-hybridized carbons (Fsp3) is 0.222. The second-order valence-electron chi connectivity index (χ2n) is 2.94. The summed E-state index contributed by atoms with van der Waals surface area (Å²) in [6.45, 7) is 0.499. The minimum absolute atomic E-state index is 0.228. The zero-order valence-corrected chi connectivity index (χ0v) is 9.43. The monoisotopic (exact) mass is 275 g/mol. The van der Waals surface area contributed by atoms with Gasteiger partial charge in [-0.15, -0.1) is 0 Å². The minimum Gasteiger partial charge on any atom is -0.439 e. The quantitative estimate of drug-likeness (QED) is 0.856. The number of hydrogen-bond donors (Lipinski definition) is 1. The van der Waals surface area contributed by atoms with Crippen LogP contribution in [0.4, 0.5) is 4.79 Å². The molecule has 1 aliphatic heterocycles. The molecule has 1 aromatic rings. The van der Waals surface area contributed by atoms with E-state index in [1.54, 1.807) is 12.1 Å². The number of halogens is 2. The van der Waals surface area contributed by atoms with Gasteiger partial charge in [-0.1, -0.05) is 33.6 Å². The van der Waals surface area contributed by atoms with Gasteiger partial charge in [0.2, 0.25) is 0 Å². The molecule has 1 unspecified atom stereocenters. The van der Waals surface area contributed by atoms with Gasteiger partial charge in [0.25, 0.3) is 0 Å². The zero-order chi connectivity index (χ0) is 10.1. The molecule has 0 saturated carbocycles. The topological polar surface area (TPSA) is 38.3 Å². The summed E-state index contributed by atoms with van der Waals surface area (Å²) in [7, 11) is 0. The molecule has 1 aliphatic rings. The van der Waals surface area contributed by atoms with Gasteiger partial charge in [0.05, 0.1) is 6.54 Å². The van der Waals surface area contributed by atoms with Crippen molar-refractivity contribution in [3.8, 4) is 0 Å². The third-order valence-corrected chi connectivity index (χ3v) is 2.91. The van der Waals surface area contributed by atoms with Gasteiger partial charge in [0, 0.05) is 15.1 Å². The number of alkyl carbamates (subject to hydrolysis) is 1. The van der Waals surface area contributed by atoms with Crippen LogP contribution in [-0.2, 0) is 4.74 Å². The molecule has 2 rings (SSSR count). The number of rotatable bonds is 1. The van der Waals surface area contributed by atoms with Crippen molar-refractivity contribution in [3.63, 3.8) is 0 Å². The maximum absolute atomic E-state index is 10.8. The van der Waals surface area contributed by atoms with Gasteiger partial charge in [-0.2, -0.15) is 0 Å². The van der Waals surface area contributed by atoms with E-state index in [0.717, 1.165) is 10.0 Å². The number of hydrogen-bond acceptors (Lipinski definition) is 2. The minimum atomic E-state index is -0.378. The van der Waals surface area contributed by atoms with Crippen LogP contribution in [0.2, 0.25) is 5.02 Å². The lowest BCUT2D eigenvalue weighted by molar-refractivity contribution is 0.141. The van der Waals surface area contributed by atoms with Crippen LogP contribution in [0.3, 0.4) is 0 Å². The predicted octanol–water partition coefficient (Wildman–Crippen LogP) is 2.88. The van der Waals surface area contributed by atoms with Gasteiger partial charge >= 0.3 is 6.09 Å². The van der Waals surface area contributed by atoms with Crippen LogP contribution < -0.4 is 5.32 Å². The fourth-order valence-electron chi connectivity index (χ4n) is 1.32. The first-order valence-corrected chi connectivity index (χ1v) is 5.23. The van der Waals surface area contributed by atoms with E-state index in [-0.39, 0.29) is 12.2 Å². The van der Waals surface area contributed by atoms with E-state index in [1.807, 2.05) is 6.07 Å². The molecule has 5 heteroatoms. The molecular formula is C9H7BrClNO2. The SMILES string of the molecule is O=C1NCC(c2ccc(Cl)cc2Br)O1. The molecular weight excluding hydrogens is 269 g/mol. The Bertz CT molecular complexity index is 383. The van der Waals surface area contributed by atoms with Gasteiger partial charge in [-0.25, -0.2) is 4.79 Å². The van der Waals surface area contributed by atoms with E-state index in [1.165, 1.54) is 0 Å². The third-order valence-electron chi connectivity index (χ3n) is 1.99. The Kier molecular flexibility index (Phi) is 2.65. The highest BCUT2D eigenvalue weighted by Gasteiger charge is 2.25. The first-order valence-electron chi connectivity index (χ1n) is 4.06. The maximum atomic E-state index is 10.8. The first-order chi connectivity index (χ1) is 6.66. The van der Waals surface area contributed by atoms with Crippen molar-refractivity contribution in [2.75, 3.05) is 6.54 Å². The van der Waals surface area contributed by atoms with Crippen LogP contribution >= 0.6 is 27.5 Å². The summed E-state index contributed by atoms with van der Waals surface area (Å²) in [4.78, 5) is 10.8. The summed E-state index contributed by atoms with van der Waals surface area (Å²) >= 11 is 9.17. The molecule has 74 valence electrons. The van der Waals surface area contributed by atoms with Crippen molar-refractivity contribution in [1.29, 1.82) is 0 Å². The average Bonchev–Trinajstić information content (AvgIpc) is 2.51. The first kappa shape index (κ1) is 9.80. The molecule has 1 aromatic carbocycles. The Morgan fingerprint density at radius 3 is 2.93 bits per heavy atom. The highest BCUT2D eigenvalue weighted by atomic mass is 79.9. The van der Waals surface area contributed by atoms with Crippen molar-refractivity contribution in [2.45, 2.75) is 6.10 Å². The Hall–Kier alpha value is -0.740. The lowest BCUT2D eigenvalue weighted by Gasteiger charge is -2.10. The number of cyclic esters (lactones) is 1. The van der Waals surface area contributed by atoms with Crippen LogP contribution in [0.25, 0.3) is 0 Å². The number of benzene rings is 1. The van der Waals surface area contributed by atoms with Gasteiger partial charge in [-0.05, 0) is 12.1 Å². The standard InChI is InChI=1S/C9H7BrClNO2/c10-7-3-5(11)1-2-6(7)8-4-12-9(13)14-8/h1-3,8H,4H2,(H,12,13). The summed E-state index contributed by atoms with van der Waals surface area (Å²) in [5.41, 5.74) is 0.924. The van der Waals surface area contributed by atoms with Crippen LogP contribution in [0.5, 0.6) is 0 Å². The fourth-order valence-corrected chi connectivity index (χ4v) is 2.26. The summed E-state index contributed by atoms with van der Waals surface area (Å²) in [6.07, 6.45) is -0.606. The molecule has 0 aliphatic carbocycles. The van der Waals surface area contributed by atoms with Crippen molar-refractivity contribution in [3.05, 3.63) is 33.3 Å². The van der Waals surface area contributed by atoms with Crippen molar-refractivity contribution >= 4 is 33.6 Å². The molecule has 1 amide bonds. The van der Waals surface area contributed by atoms with Crippen molar-refractivity contribution < 1.29 is 9.53 Å². The molecule has 0 bridgehead atoms. The van der Waals surface area contributed by atoms with E-state index in [2.05, 4.69) is 21.2 Å². The maximum Gasteiger partial charge on any atom is 0.407 e. The molecule has 1 fully saturated rings. The second-order valence-corrected chi connectivity index (χ2v) is 4.23. The molecule has 1 atom stereocenters. The number of nitrogens with one attached hydrogen (secondary N) is 1. The van der Waals surface area contributed by atoms with E-state index < -0.39 is 0 Å². The van der Waals surface area contributed by atoms with E-state index in [0.29, 0.717) is 11.6 Å². The average molecular weight is 277 g/mol. The second kappa shape index (κ2) is 3.79. The lowest BCUT2D eigenvalue weighted by atomic mass is 10.1. The third kappa shape index (κ3) is 1.86. The van der Waals surface area contributed by atoms with Crippen LogP contribution in [-0.4, -0.2) is 12.6 Å². The number of ether oxygens (including phenoxy) is 1. The van der Waals surface area contributed by atoms with Gasteiger partial charge in [-0.3, -0.25) is 0 Å². The van der Waals surface area contributed by atoms with E-state index >= 15 is 0 Å². The summed E-state index contributed by atoms with van der Waals surface area (Å²) in [5, 5.41) is 3.25. The Morgan fingerprint density at radius 1 is 1.57 bits per heavy atom. The van der Waals surface area contributed by atoms with E-state index in [4.69, 9.17) is 16.3 Å². The Labute approximate surface area is 94.5 Å². The van der Waals surface area contributed by atoms with Gasteiger partial charge in [0.1, 0.15) is 6.10 Å². The van der Waals surface area contributed by atoms with E-state index in [9.17, 15) is 4.79 Å². The largest absolute Gasteiger partial charge is 0.439 e. The highest BCUT2D eigenvalue weighted by molar-refractivity contribution is 9.10. The molecule has 1 heterocycles. The van der Waals surface area contributed by atoms with Gasteiger partial charge < -0.3 is 10.1 Å². The molecule has 1 N–H and O–H groups in total. The Balaban J connectivity index is 2.28. The Morgan fingerprint density at radius 2 is 2.36 bits per heavy atom. The smallest absolute Gasteiger partial charge is 0.407 e. The molecule has 0 spiro atoms. The van der Waals surface area contributed by atoms with Crippen LogP contribution in [0.15, 0.2) is 22.7 Å².